The molecule has 0 saturated heterocycles. The van der Waals surface area contributed by atoms with Gasteiger partial charge in [-0.3, -0.25) is 14.9 Å². The maximum Gasteiger partial charge on any atom is 0.322 e. The van der Waals surface area contributed by atoms with Crippen molar-refractivity contribution in [3.8, 4) is 0 Å². The molecule has 0 aliphatic heterocycles. The normalized spacial score (nSPS) is 12.8. The largest absolute Gasteiger partial charge is 0.480 e. The molecule has 3 aromatic rings. The molecule has 0 aliphatic rings. The highest BCUT2D eigenvalue weighted by Crippen LogP contribution is 2.23. The molecule has 0 amide bonds. The summed E-state index contributed by atoms with van der Waals surface area (Å²) < 4.78 is 27.6. The van der Waals surface area contributed by atoms with E-state index in [-0.39, 0.29) is 16.9 Å². The van der Waals surface area contributed by atoms with Crippen LogP contribution in [-0.2, 0) is 21.2 Å². The number of nitrogens with zero attached hydrogens (tertiary/aromatic N) is 1. The molecule has 0 aliphatic carbocycles. The molecule has 9 nitrogen and oxygen atoms in total. The number of carboxylic acid groups (broad SMARTS) is 1. The van der Waals surface area contributed by atoms with Crippen molar-refractivity contribution in [2.24, 2.45) is 0 Å². The van der Waals surface area contributed by atoms with Crippen molar-refractivity contribution >= 4 is 32.6 Å². The number of aryl methyl sites for hydroxylation is 1. The molecule has 0 fully saturated rings. The molecular weight excluding hydrogens is 386 g/mol. The number of nitro groups is 1. The summed E-state index contributed by atoms with van der Waals surface area (Å²) in [7, 11) is -4.29. The van der Waals surface area contributed by atoms with Crippen molar-refractivity contribution in [1.29, 1.82) is 0 Å². The molecule has 1 atom stereocenters. The number of aromatic nitrogens is 1. The average molecular weight is 403 g/mol. The highest BCUT2D eigenvalue weighted by molar-refractivity contribution is 7.89. The van der Waals surface area contributed by atoms with Crippen molar-refractivity contribution < 1.29 is 23.2 Å². The lowest BCUT2D eigenvalue weighted by molar-refractivity contribution is -0.385. The number of fused-ring (bicyclic) bond motifs is 1. The number of aromatic amines is 1. The quantitative estimate of drug-likeness (QED) is 0.408. The van der Waals surface area contributed by atoms with Gasteiger partial charge < -0.3 is 10.1 Å². The van der Waals surface area contributed by atoms with E-state index in [2.05, 4.69) is 9.71 Å². The maximum atomic E-state index is 12.7. The monoisotopic (exact) mass is 403 g/mol. The van der Waals surface area contributed by atoms with Crippen LogP contribution in [0.3, 0.4) is 0 Å². The summed E-state index contributed by atoms with van der Waals surface area (Å²) in [6, 6.07) is 9.23. The van der Waals surface area contributed by atoms with Gasteiger partial charge in [0.15, 0.2) is 0 Å². The van der Waals surface area contributed by atoms with Crippen LogP contribution in [0.1, 0.15) is 11.1 Å². The molecule has 0 saturated carbocycles. The van der Waals surface area contributed by atoms with E-state index in [1.54, 1.807) is 18.3 Å². The number of para-hydroxylation sites is 1. The van der Waals surface area contributed by atoms with Crippen LogP contribution in [-0.4, -0.2) is 35.4 Å². The second-order valence-corrected chi connectivity index (χ2v) is 7.97. The molecule has 3 N–H and O–H groups in total. The first-order valence-corrected chi connectivity index (χ1v) is 9.72. The molecule has 0 spiro atoms. The van der Waals surface area contributed by atoms with Gasteiger partial charge in [0.1, 0.15) is 6.04 Å². The van der Waals surface area contributed by atoms with Crippen LogP contribution in [0.15, 0.2) is 53.6 Å². The fourth-order valence-corrected chi connectivity index (χ4v) is 4.40. The number of rotatable bonds is 7. The van der Waals surface area contributed by atoms with Gasteiger partial charge in [-0.1, -0.05) is 24.3 Å². The highest BCUT2D eigenvalue weighted by Gasteiger charge is 2.28. The SMILES string of the molecule is Cc1ccc([N+](=O)[O-])cc1S(=O)(=O)NC(Cc1c[nH]c2ccccc12)C(=O)O. The van der Waals surface area contributed by atoms with Gasteiger partial charge in [0.2, 0.25) is 10.0 Å². The molecule has 0 bridgehead atoms. The molecule has 146 valence electrons. The van der Waals surface area contributed by atoms with Gasteiger partial charge in [-0.05, 0) is 24.1 Å². The van der Waals surface area contributed by atoms with E-state index < -0.39 is 32.6 Å². The number of benzene rings is 2. The van der Waals surface area contributed by atoms with E-state index in [1.165, 1.54) is 19.1 Å². The Bertz CT molecular complexity index is 1170. The first kappa shape index (κ1) is 19.5. The zero-order chi connectivity index (χ0) is 20.5. The number of hydrogen-bond donors (Lipinski definition) is 3. The Labute approximate surface area is 160 Å². The van der Waals surface area contributed by atoms with Crippen LogP contribution >= 0.6 is 0 Å². The van der Waals surface area contributed by atoms with E-state index in [0.717, 1.165) is 17.0 Å². The lowest BCUT2D eigenvalue weighted by atomic mass is 10.1. The Hall–Kier alpha value is -3.24. The van der Waals surface area contributed by atoms with Crippen molar-refractivity contribution in [2.45, 2.75) is 24.3 Å². The summed E-state index contributed by atoms with van der Waals surface area (Å²) >= 11 is 0. The van der Waals surface area contributed by atoms with Crippen LogP contribution in [0.2, 0.25) is 0 Å². The molecule has 1 heterocycles. The number of nitrogens with one attached hydrogen (secondary N) is 2. The van der Waals surface area contributed by atoms with E-state index in [9.17, 15) is 28.4 Å². The van der Waals surface area contributed by atoms with E-state index >= 15 is 0 Å². The highest BCUT2D eigenvalue weighted by atomic mass is 32.2. The summed E-state index contributed by atoms with van der Waals surface area (Å²) in [4.78, 5) is 24.6. The number of aliphatic carboxylic acids is 1. The fraction of sp³-hybridized carbons (Fsp3) is 0.167. The maximum absolute atomic E-state index is 12.7. The number of sulfonamides is 1. The Morgan fingerprint density at radius 1 is 1.29 bits per heavy atom. The average Bonchev–Trinajstić information content (AvgIpc) is 3.04. The summed E-state index contributed by atoms with van der Waals surface area (Å²) in [5.74, 6) is -1.35. The molecule has 10 heteroatoms. The fourth-order valence-electron chi connectivity index (χ4n) is 2.94. The molecule has 2 aromatic carbocycles. The Morgan fingerprint density at radius 2 is 2.00 bits per heavy atom. The van der Waals surface area contributed by atoms with E-state index in [4.69, 9.17) is 0 Å². The molecular formula is C18H17N3O6S. The lowest BCUT2D eigenvalue weighted by Crippen LogP contribution is -2.42. The van der Waals surface area contributed by atoms with Crippen LogP contribution in [0, 0.1) is 17.0 Å². The van der Waals surface area contributed by atoms with Gasteiger partial charge in [0.05, 0.1) is 9.82 Å². The van der Waals surface area contributed by atoms with Crippen LogP contribution in [0.25, 0.3) is 10.9 Å². The minimum absolute atomic E-state index is 0.0907. The van der Waals surface area contributed by atoms with Gasteiger partial charge in [-0.25, -0.2) is 8.42 Å². The topological polar surface area (TPSA) is 142 Å². The number of nitro benzene ring substituents is 1. The smallest absolute Gasteiger partial charge is 0.322 e. The van der Waals surface area contributed by atoms with Gasteiger partial charge in [0.25, 0.3) is 5.69 Å². The summed E-state index contributed by atoms with van der Waals surface area (Å²) in [5.41, 5.74) is 1.32. The van der Waals surface area contributed by atoms with Gasteiger partial charge in [-0.15, -0.1) is 0 Å². The van der Waals surface area contributed by atoms with Crippen LogP contribution in [0.4, 0.5) is 5.69 Å². The third-order valence-corrected chi connectivity index (χ3v) is 5.98. The van der Waals surface area contributed by atoms with Crippen molar-refractivity contribution in [2.75, 3.05) is 0 Å². The Balaban J connectivity index is 1.93. The number of non-ortho nitro benzene ring substituents is 1. The van der Waals surface area contributed by atoms with E-state index in [0.29, 0.717) is 5.56 Å². The standard InChI is InChI=1S/C18H17N3O6S/c1-11-6-7-13(21(24)25)9-17(11)28(26,27)20-16(18(22)23)8-12-10-19-15-5-3-2-4-14(12)15/h2-7,9-10,16,19-20H,8H2,1H3,(H,22,23). The number of carboxylic acids is 1. The zero-order valence-electron chi connectivity index (χ0n) is 14.7. The van der Waals surface area contributed by atoms with Gasteiger partial charge >= 0.3 is 5.97 Å². The minimum atomic E-state index is -4.29. The van der Waals surface area contributed by atoms with E-state index in [1.807, 2.05) is 12.1 Å². The third kappa shape index (κ3) is 3.87. The Kier molecular flexibility index (Phi) is 5.16. The van der Waals surface area contributed by atoms with Crippen molar-refractivity contribution in [3.05, 3.63) is 69.9 Å². The zero-order valence-corrected chi connectivity index (χ0v) is 15.6. The van der Waals surface area contributed by atoms with Gasteiger partial charge in [0, 0.05) is 35.7 Å². The van der Waals surface area contributed by atoms with Crippen LogP contribution < -0.4 is 4.72 Å². The Morgan fingerprint density at radius 3 is 2.68 bits per heavy atom. The van der Waals surface area contributed by atoms with Gasteiger partial charge in [-0.2, -0.15) is 4.72 Å². The lowest BCUT2D eigenvalue weighted by Gasteiger charge is -2.15. The molecule has 28 heavy (non-hydrogen) atoms. The predicted molar refractivity (Wildman–Crippen MR) is 102 cm³/mol. The minimum Gasteiger partial charge on any atom is -0.480 e. The molecule has 1 aromatic heterocycles. The number of carbonyl (C=O) groups is 1. The second-order valence-electron chi connectivity index (χ2n) is 6.28. The molecule has 3 rings (SSSR count). The molecule has 1 unspecified atom stereocenters. The molecule has 0 radical (unpaired) electrons. The number of H-pyrrole nitrogens is 1. The van der Waals surface area contributed by atoms with Crippen molar-refractivity contribution in [1.82, 2.24) is 9.71 Å². The van der Waals surface area contributed by atoms with Crippen LogP contribution in [0.5, 0.6) is 0 Å². The van der Waals surface area contributed by atoms with Crippen molar-refractivity contribution in [3.63, 3.8) is 0 Å². The summed E-state index contributed by atoms with van der Waals surface area (Å²) in [6.07, 6.45) is 1.54. The first-order valence-electron chi connectivity index (χ1n) is 8.24. The predicted octanol–water partition coefficient (Wildman–Crippen LogP) is 2.36. The number of hydrogen-bond acceptors (Lipinski definition) is 5. The summed E-state index contributed by atoms with van der Waals surface area (Å²) in [6.45, 7) is 1.48. The second kappa shape index (κ2) is 7.41. The third-order valence-electron chi connectivity index (χ3n) is 4.37. The summed E-state index contributed by atoms with van der Waals surface area (Å²) in [5, 5.41) is 21.3. The first-order chi connectivity index (χ1) is 13.2.